The molecule has 126 valence electrons. The van der Waals surface area contributed by atoms with E-state index in [1.54, 1.807) is 31.2 Å². The van der Waals surface area contributed by atoms with Gasteiger partial charge in [0.05, 0.1) is 21.7 Å². The molecule has 0 bridgehead atoms. The van der Waals surface area contributed by atoms with Gasteiger partial charge in [0.2, 0.25) is 11.8 Å². The van der Waals surface area contributed by atoms with E-state index in [-0.39, 0.29) is 22.8 Å². The molecule has 2 aromatic rings. The van der Waals surface area contributed by atoms with Crippen LogP contribution in [0.15, 0.2) is 48.5 Å². The van der Waals surface area contributed by atoms with Gasteiger partial charge in [-0.2, -0.15) is 0 Å². The number of carbonyl (C=O) groups excluding carboxylic acids is 2. The largest absolute Gasteiger partial charge is 0.325 e. The van der Waals surface area contributed by atoms with Crippen LogP contribution in [0.2, 0.25) is 5.02 Å². The van der Waals surface area contributed by atoms with E-state index in [1.165, 1.54) is 11.8 Å². The average molecular weight is 363 g/mol. The number of thioether (sulfide) groups is 1. The third-order valence-electron chi connectivity index (χ3n) is 3.30. The Bertz CT molecular complexity index is 719. The molecular formula is C18H19ClN2O2S. The topological polar surface area (TPSA) is 58.2 Å². The summed E-state index contributed by atoms with van der Waals surface area (Å²) in [6.45, 7) is 3.75. The molecule has 0 aliphatic rings. The molecule has 2 aromatic carbocycles. The van der Waals surface area contributed by atoms with Crippen LogP contribution < -0.4 is 10.6 Å². The maximum absolute atomic E-state index is 12.2. The number of aryl methyl sites for hydroxylation is 1. The zero-order valence-corrected chi connectivity index (χ0v) is 15.1. The van der Waals surface area contributed by atoms with E-state index in [2.05, 4.69) is 10.6 Å². The maximum atomic E-state index is 12.2. The first-order valence-corrected chi connectivity index (χ1v) is 8.92. The molecule has 0 heterocycles. The van der Waals surface area contributed by atoms with Crippen LogP contribution in [0.3, 0.4) is 0 Å². The molecule has 4 nitrogen and oxygen atoms in total. The summed E-state index contributed by atoms with van der Waals surface area (Å²) in [5, 5.41) is 5.69. The van der Waals surface area contributed by atoms with Crippen LogP contribution in [-0.4, -0.2) is 22.8 Å². The third-order valence-corrected chi connectivity index (χ3v) is 4.77. The van der Waals surface area contributed by atoms with Crippen molar-refractivity contribution in [1.82, 2.24) is 0 Å². The molecule has 2 rings (SSSR count). The molecule has 0 aromatic heterocycles. The van der Waals surface area contributed by atoms with E-state index >= 15 is 0 Å². The third kappa shape index (κ3) is 5.58. The minimum absolute atomic E-state index is 0.138. The second kappa shape index (κ2) is 8.76. The SMILES string of the molecule is Cc1ccc(NC(=O)CSC(C)C(=O)Nc2ccccc2Cl)cc1. The van der Waals surface area contributed by atoms with Crippen molar-refractivity contribution in [2.75, 3.05) is 16.4 Å². The number of amides is 2. The van der Waals surface area contributed by atoms with Crippen molar-refractivity contribution in [3.8, 4) is 0 Å². The van der Waals surface area contributed by atoms with Gasteiger partial charge in [-0.3, -0.25) is 9.59 Å². The van der Waals surface area contributed by atoms with E-state index in [0.29, 0.717) is 10.7 Å². The molecule has 0 fully saturated rings. The highest BCUT2D eigenvalue weighted by Gasteiger charge is 2.16. The van der Waals surface area contributed by atoms with Gasteiger partial charge < -0.3 is 10.6 Å². The number of hydrogen-bond acceptors (Lipinski definition) is 3. The number of nitrogens with one attached hydrogen (secondary N) is 2. The zero-order chi connectivity index (χ0) is 17.5. The Labute approximate surface area is 151 Å². The molecule has 6 heteroatoms. The predicted octanol–water partition coefficient (Wildman–Crippen LogP) is 4.35. The van der Waals surface area contributed by atoms with Crippen molar-refractivity contribution in [2.45, 2.75) is 19.1 Å². The molecule has 2 N–H and O–H groups in total. The summed E-state index contributed by atoms with van der Waals surface area (Å²) < 4.78 is 0. The Kier molecular flexibility index (Phi) is 6.70. The first kappa shape index (κ1) is 18.4. The fraction of sp³-hybridized carbons (Fsp3) is 0.222. The Morgan fingerprint density at radius 2 is 1.75 bits per heavy atom. The van der Waals surface area contributed by atoms with E-state index < -0.39 is 0 Å². The summed E-state index contributed by atoms with van der Waals surface area (Å²) in [6.07, 6.45) is 0. The Hall–Kier alpha value is -1.98. The number of halogens is 1. The van der Waals surface area contributed by atoms with Crippen LogP contribution in [0.25, 0.3) is 0 Å². The van der Waals surface area contributed by atoms with Gasteiger partial charge in [0.25, 0.3) is 0 Å². The molecule has 0 spiro atoms. The van der Waals surface area contributed by atoms with E-state index in [1.807, 2.05) is 31.2 Å². The molecule has 0 saturated heterocycles. The zero-order valence-electron chi connectivity index (χ0n) is 13.5. The first-order chi connectivity index (χ1) is 11.5. The highest BCUT2D eigenvalue weighted by molar-refractivity contribution is 8.01. The number of benzene rings is 2. The molecule has 24 heavy (non-hydrogen) atoms. The molecule has 0 aliphatic heterocycles. The van der Waals surface area contributed by atoms with Crippen molar-refractivity contribution in [3.05, 3.63) is 59.1 Å². The number of anilines is 2. The Morgan fingerprint density at radius 1 is 1.08 bits per heavy atom. The molecule has 0 aliphatic carbocycles. The van der Waals surface area contributed by atoms with Gasteiger partial charge in [0.1, 0.15) is 0 Å². The molecule has 1 atom stereocenters. The lowest BCUT2D eigenvalue weighted by Crippen LogP contribution is -2.25. The monoisotopic (exact) mass is 362 g/mol. The predicted molar refractivity (Wildman–Crippen MR) is 102 cm³/mol. The summed E-state index contributed by atoms with van der Waals surface area (Å²) in [7, 11) is 0. The van der Waals surface area contributed by atoms with Crippen LogP contribution in [0, 0.1) is 6.92 Å². The highest BCUT2D eigenvalue weighted by Crippen LogP contribution is 2.22. The van der Waals surface area contributed by atoms with Crippen molar-refractivity contribution >= 4 is 46.6 Å². The van der Waals surface area contributed by atoms with Crippen LogP contribution >= 0.6 is 23.4 Å². The number of para-hydroxylation sites is 1. The van der Waals surface area contributed by atoms with Crippen LogP contribution in [-0.2, 0) is 9.59 Å². The second-order valence-electron chi connectivity index (χ2n) is 5.34. The van der Waals surface area contributed by atoms with Crippen molar-refractivity contribution in [1.29, 1.82) is 0 Å². The summed E-state index contributed by atoms with van der Waals surface area (Å²) >= 11 is 7.29. The summed E-state index contributed by atoms with van der Waals surface area (Å²) in [6, 6.07) is 14.6. The molecule has 0 radical (unpaired) electrons. The lowest BCUT2D eigenvalue weighted by atomic mass is 10.2. The lowest BCUT2D eigenvalue weighted by molar-refractivity contribution is -0.115. The van der Waals surface area contributed by atoms with Gasteiger partial charge >= 0.3 is 0 Å². The van der Waals surface area contributed by atoms with Gasteiger partial charge in [-0.15, -0.1) is 11.8 Å². The van der Waals surface area contributed by atoms with Crippen molar-refractivity contribution < 1.29 is 9.59 Å². The highest BCUT2D eigenvalue weighted by atomic mass is 35.5. The number of hydrogen-bond donors (Lipinski definition) is 2. The van der Waals surface area contributed by atoms with Crippen LogP contribution in [0.5, 0.6) is 0 Å². The minimum Gasteiger partial charge on any atom is -0.325 e. The van der Waals surface area contributed by atoms with E-state index in [9.17, 15) is 9.59 Å². The first-order valence-electron chi connectivity index (χ1n) is 7.49. The normalized spacial score (nSPS) is 11.6. The average Bonchev–Trinajstić information content (AvgIpc) is 2.56. The van der Waals surface area contributed by atoms with Gasteiger partial charge in [0, 0.05) is 5.69 Å². The minimum atomic E-state index is -0.370. The number of rotatable bonds is 6. The quantitative estimate of drug-likeness (QED) is 0.803. The van der Waals surface area contributed by atoms with Gasteiger partial charge in [-0.1, -0.05) is 41.4 Å². The van der Waals surface area contributed by atoms with E-state index in [0.717, 1.165) is 11.3 Å². The fourth-order valence-electron chi connectivity index (χ4n) is 1.91. The van der Waals surface area contributed by atoms with Gasteiger partial charge in [-0.25, -0.2) is 0 Å². The summed E-state index contributed by atoms with van der Waals surface area (Å²) in [5.41, 5.74) is 2.45. The van der Waals surface area contributed by atoms with Crippen molar-refractivity contribution in [2.24, 2.45) is 0 Å². The smallest absolute Gasteiger partial charge is 0.237 e. The van der Waals surface area contributed by atoms with Gasteiger partial charge in [0.15, 0.2) is 0 Å². The second-order valence-corrected chi connectivity index (χ2v) is 7.07. The summed E-state index contributed by atoms with van der Waals surface area (Å²) in [5.74, 6) is -0.122. The van der Waals surface area contributed by atoms with Crippen molar-refractivity contribution in [3.63, 3.8) is 0 Å². The van der Waals surface area contributed by atoms with Gasteiger partial charge in [-0.05, 0) is 38.1 Å². The van der Waals surface area contributed by atoms with E-state index in [4.69, 9.17) is 11.6 Å². The Morgan fingerprint density at radius 3 is 2.42 bits per heavy atom. The molecular weight excluding hydrogens is 344 g/mol. The lowest BCUT2D eigenvalue weighted by Gasteiger charge is -2.13. The van der Waals surface area contributed by atoms with Crippen LogP contribution in [0.4, 0.5) is 11.4 Å². The Balaban J connectivity index is 1.80. The summed E-state index contributed by atoms with van der Waals surface area (Å²) in [4.78, 5) is 24.1. The maximum Gasteiger partial charge on any atom is 0.237 e. The molecule has 0 saturated carbocycles. The standard InChI is InChI=1S/C18H19ClN2O2S/c1-12-7-9-14(10-8-12)20-17(22)11-24-13(2)18(23)21-16-6-4-3-5-15(16)19/h3-10,13H,11H2,1-2H3,(H,20,22)(H,21,23). The van der Waals surface area contributed by atoms with Crippen LogP contribution in [0.1, 0.15) is 12.5 Å². The molecule has 2 amide bonds. The number of carbonyl (C=O) groups is 2. The molecule has 1 unspecified atom stereocenters. The fourth-order valence-corrected chi connectivity index (χ4v) is 2.77.